The quantitative estimate of drug-likeness (QED) is 0.409. The van der Waals surface area contributed by atoms with Gasteiger partial charge in [-0.05, 0) is 47.6 Å². The molecule has 0 aliphatic carbocycles. The highest BCUT2D eigenvalue weighted by Gasteiger charge is 2.04. The van der Waals surface area contributed by atoms with E-state index in [1.165, 1.54) is 35.8 Å². The van der Waals surface area contributed by atoms with E-state index in [0.717, 1.165) is 30.1 Å². The standard InChI is InChI=1S/C22H22O/c23-17-20-14-8-15-21-19(13-7-16-22(20)21)12-6-2-5-11-18-9-3-1-4-10-18/h1,3-4,7-10,13-17H,2,5-6,11-12H2. The van der Waals surface area contributed by atoms with Crippen LogP contribution in [0.5, 0.6) is 0 Å². The zero-order valence-electron chi connectivity index (χ0n) is 13.4. The first-order valence-corrected chi connectivity index (χ1v) is 8.38. The first kappa shape index (κ1) is 15.5. The molecular formula is C22H22O. The van der Waals surface area contributed by atoms with Crippen molar-refractivity contribution in [2.75, 3.05) is 0 Å². The molecule has 3 aromatic carbocycles. The molecular weight excluding hydrogens is 280 g/mol. The zero-order valence-corrected chi connectivity index (χ0v) is 13.4. The molecule has 116 valence electrons. The number of hydrogen-bond donors (Lipinski definition) is 0. The highest BCUT2D eigenvalue weighted by atomic mass is 16.1. The van der Waals surface area contributed by atoms with Crippen LogP contribution in [0.1, 0.15) is 40.7 Å². The van der Waals surface area contributed by atoms with Gasteiger partial charge in [0.25, 0.3) is 0 Å². The minimum absolute atomic E-state index is 0.786. The summed E-state index contributed by atoms with van der Waals surface area (Å²) in [6.45, 7) is 0. The molecule has 3 rings (SSSR count). The second-order valence-electron chi connectivity index (χ2n) is 6.02. The Bertz CT molecular complexity index is 774. The number of unbranched alkanes of at least 4 members (excludes halogenated alkanes) is 2. The molecule has 0 N–H and O–H groups in total. The predicted octanol–water partition coefficient (Wildman–Crippen LogP) is 5.61. The summed E-state index contributed by atoms with van der Waals surface area (Å²) in [7, 11) is 0. The molecule has 0 atom stereocenters. The Hall–Kier alpha value is -2.41. The maximum absolute atomic E-state index is 11.2. The van der Waals surface area contributed by atoms with Crippen molar-refractivity contribution in [3.05, 3.63) is 83.4 Å². The molecule has 0 spiro atoms. The van der Waals surface area contributed by atoms with E-state index >= 15 is 0 Å². The van der Waals surface area contributed by atoms with E-state index in [4.69, 9.17) is 0 Å². The molecule has 1 nitrogen and oxygen atoms in total. The van der Waals surface area contributed by atoms with Crippen LogP contribution >= 0.6 is 0 Å². The van der Waals surface area contributed by atoms with E-state index in [1.807, 2.05) is 18.2 Å². The van der Waals surface area contributed by atoms with Gasteiger partial charge in [-0.3, -0.25) is 4.79 Å². The molecule has 0 amide bonds. The largest absolute Gasteiger partial charge is 0.298 e. The molecule has 0 saturated heterocycles. The maximum atomic E-state index is 11.2. The number of hydrogen-bond acceptors (Lipinski definition) is 1. The fourth-order valence-electron chi connectivity index (χ4n) is 3.19. The van der Waals surface area contributed by atoms with E-state index in [9.17, 15) is 4.79 Å². The summed E-state index contributed by atoms with van der Waals surface area (Å²) in [5.74, 6) is 0. The second kappa shape index (κ2) is 7.73. The molecule has 0 aromatic heterocycles. The number of carbonyl (C=O) groups is 1. The van der Waals surface area contributed by atoms with Crippen molar-refractivity contribution in [1.82, 2.24) is 0 Å². The fourth-order valence-corrected chi connectivity index (χ4v) is 3.19. The van der Waals surface area contributed by atoms with Crippen molar-refractivity contribution in [3.63, 3.8) is 0 Å². The third kappa shape index (κ3) is 3.87. The zero-order chi connectivity index (χ0) is 15.9. The van der Waals surface area contributed by atoms with Crippen molar-refractivity contribution in [3.8, 4) is 0 Å². The topological polar surface area (TPSA) is 17.1 Å². The summed E-state index contributed by atoms with van der Waals surface area (Å²) in [6.07, 6.45) is 6.84. The lowest BCUT2D eigenvalue weighted by molar-refractivity contribution is 0.112. The minimum Gasteiger partial charge on any atom is -0.298 e. The summed E-state index contributed by atoms with van der Waals surface area (Å²) >= 11 is 0. The van der Waals surface area contributed by atoms with E-state index in [-0.39, 0.29) is 0 Å². The molecule has 0 fully saturated rings. The average Bonchev–Trinajstić information content (AvgIpc) is 2.62. The first-order valence-electron chi connectivity index (χ1n) is 8.38. The van der Waals surface area contributed by atoms with Crippen molar-refractivity contribution < 1.29 is 4.79 Å². The van der Waals surface area contributed by atoms with Gasteiger partial charge >= 0.3 is 0 Å². The molecule has 3 aromatic rings. The van der Waals surface area contributed by atoms with Crippen LogP contribution in [0.3, 0.4) is 0 Å². The van der Waals surface area contributed by atoms with Crippen LogP contribution in [0, 0.1) is 0 Å². The van der Waals surface area contributed by atoms with Crippen LogP contribution < -0.4 is 0 Å². The van der Waals surface area contributed by atoms with Gasteiger partial charge in [0.15, 0.2) is 6.29 Å². The van der Waals surface area contributed by atoms with Gasteiger partial charge < -0.3 is 0 Å². The maximum Gasteiger partial charge on any atom is 0.150 e. The fraction of sp³-hybridized carbons (Fsp3) is 0.227. The van der Waals surface area contributed by atoms with Crippen LogP contribution in [0.4, 0.5) is 0 Å². The number of rotatable bonds is 7. The molecule has 0 radical (unpaired) electrons. The Morgan fingerprint density at radius 3 is 2.22 bits per heavy atom. The lowest BCUT2D eigenvalue weighted by Gasteiger charge is -2.08. The summed E-state index contributed by atoms with van der Waals surface area (Å²) < 4.78 is 0. The van der Waals surface area contributed by atoms with Crippen molar-refractivity contribution in [2.45, 2.75) is 32.1 Å². The number of carbonyl (C=O) groups excluding carboxylic acids is 1. The Morgan fingerprint density at radius 2 is 1.39 bits per heavy atom. The summed E-state index contributed by atoms with van der Waals surface area (Å²) in [5.41, 5.74) is 3.56. The molecule has 0 unspecified atom stereocenters. The Labute approximate surface area is 138 Å². The van der Waals surface area contributed by atoms with Crippen LogP contribution in [0.15, 0.2) is 66.7 Å². The van der Waals surface area contributed by atoms with Gasteiger partial charge in [0.05, 0.1) is 0 Å². The highest BCUT2D eigenvalue weighted by molar-refractivity contribution is 5.99. The lowest BCUT2D eigenvalue weighted by Crippen LogP contribution is -1.92. The number of fused-ring (bicyclic) bond motifs is 1. The van der Waals surface area contributed by atoms with Crippen LogP contribution in [0.2, 0.25) is 0 Å². The number of aldehydes is 1. The van der Waals surface area contributed by atoms with E-state index in [1.54, 1.807) is 0 Å². The number of aryl methyl sites for hydroxylation is 2. The van der Waals surface area contributed by atoms with E-state index in [2.05, 4.69) is 48.5 Å². The van der Waals surface area contributed by atoms with Crippen molar-refractivity contribution >= 4 is 17.1 Å². The molecule has 0 saturated carbocycles. The molecule has 0 heterocycles. The molecule has 0 bridgehead atoms. The molecule has 0 aliphatic rings. The lowest BCUT2D eigenvalue weighted by atomic mass is 9.96. The third-order valence-electron chi connectivity index (χ3n) is 4.43. The summed E-state index contributed by atoms with van der Waals surface area (Å²) in [5, 5.41) is 2.30. The van der Waals surface area contributed by atoms with Crippen molar-refractivity contribution in [1.29, 1.82) is 0 Å². The SMILES string of the molecule is O=Cc1cccc2c(CCCCCc3ccccc3)cccc12. The molecule has 1 heteroatoms. The first-order chi connectivity index (χ1) is 11.4. The van der Waals surface area contributed by atoms with Gasteiger partial charge in [-0.15, -0.1) is 0 Å². The van der Waals surface area contributed by atoms with Crippen LogP contribution in [0.25, 0.3) is 10.8 Å². The van der Waals surface area contributed by atoms with Gasteiger partial charge in [0, 0.05) is 5.56 Å². The van der Waals surface area contributed by atoms with Crippen molar-refractivity contribution in [2.24, 2.45) is 0 Å². The molecule has 23 heavy (non-hydrogen) atoms. The monoisotopic (exact) mass is 302 g/mol. The molecule has 0 aliphatic heterocycles. The third-order valence-corrected chi connectivity index (χ3v) is 4.43. The van der Waals surface area contributed by atoms with Gasteiger partial charge in [-0.1, -0.05) is 73.2 Å². The minimum atomic E-state index is 0.786. The highest BCUT2D eigenvalue weighted by Crippen LogP contribution is 2.23. The summed E-state index contributed by atoms with van der Waals surface area (Å²) in [6, 6.07) is 23.0. The average molecular weight is 302 g/mol. The van der Waals surface area contributed by atoms with Crippen LogP contribution in [-0.2, 0) is 12.8 Å². The van der Waals surface area contributed by atoms with Gasteiger partial charge in [0.2, 0.25) is 0 Å². The Kier molecular flexibility index (Phi) is 5.21. The predicted molar refractivity (Wildman–Crippen MR) is 97.0 cm³/mol. The van der Waals surface area contributed by atoms with Crippen LogP contribution in [-0.4, -0.2) is 6.29 Å². The second-order valence-corrected chi connectivity index (χ2v) is 6.02. The Morgan fingerprint density at radius 1 is 0.652 bits per heavy atom. The summed E-state index contributed by atoms with van der Waals surface area (Å²) in [4.78, 5) is 11.2. The van der Waals surface area contributed by atoms with Gasteiger partial charge in [-0.25, -0.2) is 0 Å². The van der Waals surface area contributed by atoms with E-state index < -0.39 is 0 Å². The smallest absolute Gasteiger partial charge is 0.150 e. The Balaban J connectivity index is 1.58. The normalized spacial score (nSPS) is 10.8. The van der Waals surface area contributed by atoms with Gasteiger partial charge in [-0.2, -0.15) is 0 Å². The van der Waals surface area contributed by atoms with Gasteiger partial charge in [0.1, 0.15) is 0 Å². The van der Waals surface area contributed by atoms with E-state index in [0.29, 0.717) is 0 Å². The number of benzene rings is 3.